The molecule has 0 bridgehead atoms. The SMILES string of the molecule is Cc1cccc(CSc2nnc(Nc3cc(C)cc(C)c3)c(=O)n2-n2cccc2)c1. The van der Waals surface area contributed by atoms with Gasteiger partial charge in [0.25, 0.3) is 0 Å². The fraction of sp³-hybridized carbons (Fsp3) is 0.174. The maximum absolute atomic E-state index is 13.3. The zero-order valence-corrected chi connectivity index (χ0v) is 18.0. The van der Waals surface area contributed by atoms with Crippen molar-refractivity contribution in [3.8, 4) is 0 Å². The van der Waals surface area contributed by atoms with Crippen molar-refractivity contribution in [1.29, 1.82) is 0 Å². The number of hydrogen-bond donors (Lipinski definition) is 1. The minimum absolute atomic E-state index is 0.189. The summed E-state index contributed by atoms with van der Waals surface area (Å²) in [6.45, 7) is 6.11. The Morgan fingerprint density at radius 2 is 1.63 bits per heavy atom. The van der Waals surface area contributed by atoms with Crippen molar-refractivity contribution in [2.75, 3.05) is 5.32 Å². The number of nitrogens with one attached hydrogen (secondary N) is 1. The van der Waals surface area contributed by atoms with Gasteiger partial charge in [-0.05, 0) is 61.7 Å². The third kappa shape index (κ3) is 4.46. The number of aryl methyl sites for hydroxylation is 3. The topological polar surface area (TPSA) is 64.7 Å². The fourth-order valence-electron chi connectivity index (χ4n) is 3.33. The Hall–Kier alpha value is -3.32. The van der Waals surface area contributed by atoms with Crippen molar-refractivity contribution < 1.29 is 0 Å². The van der Waals surface area contributed by atoms with Crippen LogP contribution in [0, 0.1) is 20.8 Å². The quantitative estimate of drug-likeness (QED) is 0.460. The minimum Gasteiger partial charge on any atom is -0.334 e. The van der Waals surface area contributed by atoms with Crippen LogP contribution >= 0.6 is 11.8 Å². The molecule has 6 nitrogen and oxygen atoms in total. The average Bonchev–Trinajstić information content (AvgIpc) is 3.22. The third-order valence-electron chi connectivity index (χ3n) is 4.57. The van der Waals surface area contributed by atoms with E-state index in [1.165, 1.54) is 22.9 Å². The molecular formula is C23H23N5OS. The molecule has 0 unspecified atom stereocenters. The highest BCUT2D eigenvalue weighted by Gasteiger charge is 2.15. The maximum atomic E-state index is 13.3. The van der Waals surface area contributed by atoms with Crippen molar-refractivity contribution in [3.63, 3.8) is 0 Å². The molecule has 0 saturated carbocycles. The van der Waals surface area contributed by atoms with Crippen molar-refractivity contribution >= 4 is 23.3 Å². The van der Waals surface area contributed by atoms with Crippen LogP contribution in [0.25, 0.3) is 0 Å². The summed E-state index contributed by atoms with van der Waals surface area (Å²) in [4.78, 5) is 13.3. The summed E-state index contributed by atoms with van der Waals surface area (Å²) in [6, 6.07) is 18.1. The first-order valence-electron chi connectivity index (χ1n) is 9.66. The van der Waals surface area contributed by atoms with Gasteiger partial charge in [0.2, 0.25) is 11.0 Å². The lowest BCUT2D eigenvalue weighted by Gasteiger charge is -2.14. The van der Waals surface area contributed by atoms with E-state index in [0.717, 1.165) is 16.8 Å². The Bertz CT molecular complexity index is 1210. The number of anilines is 2. The number of nitrogens with zero attached hydrogens (tertiary/aromatic N) is 4. The van der Waals surface area contributed by atoms with Crippen LogP contribution in [-0.2, 0) is 5.75 Å². The van der Waals surface area contributed by atoms with E-state index in [4.69, 9.17) is 0 Å². The Morgan fingerprint density at radius 1 is 0.900 bits per heavy atom. The highest BCUT2D eigenvalue weighted by molar-refractivity contribution is 7.98. The smallest absolute Gasteiger partial charge is 0.316 e. The largest absolute Gasteiger partial charge is 0.334 e. The van der Waals surface area contributed by atoms with Gasteiger partial charge >= 0.3 is 5.56 Å². The number of benzene rings is 2. The number of hydrogen-bond acceptors (Lipinski definition) is 5. The Kier molecular flexibility index (Phi) is 5.72. The zero-order valence-electron chi connectivity index (χ0n) is 17.2. The van der Waals surface area contributed by atoms with Gasteiger partial charge in [-0.3, -0.25) is 9.47 Å². The van der Waals surface area contributed by atoms with E-state index in [1.807, 2.05) is 56.6 Å². The lowest BCUT2D eigenvalue weighted by Crippen LogP contribution is -2.30. The molecule has 0 aliphatic carbocycles. The molecular weight excluding hydrogens is 394 g/mol. The summed E-state index contributed by atoms with van der Waals surface area (Å²) >= 11 is 1.48. The summed E-state index contributed by atoms with van der Waals surface area (Å²) in [5.41, 5.74) is 5.16. The molecule has 0 spiro atoms. The summed E-state index contributed by atoms with van der Waals surface area (Å²) < 4.78 is 3.26. The van der Waals surface area contributed by atoms with Gasteiger partial charge in [0.05, 0.1) is 0 Å². The molecule has 0 saturated heterocycles. The fourth-order valence-corrected chi connectivity index (χ4v) is 4.20. The first kappa shape index (κ1) is 20.0. The molecule has 0 aliphatic heterocycles. The Morgan fingerprint density at radius 3 is 2.33 bits per heavy atom. The number of thioether (sulfide) groups is 1. The van der Waals surface area contributed by atoms with Crippen LogP contribution in [0.1, 0.15) is 22.3 Å². The number of rotatable bonds is 6. The highest BCUT2D eigenvalue weighted by Crippen LogP contribution is 2.22. The molecule has 2 heterocycles. The van der Waals surface area contributed by atoms with Crippen molar-refractivity contribution in [1.82, 2.24) is 19.5 Å². The first-order chi connectivity index (χ1) is 14.5. The average molecular weight is 418 g/mol. The molecule has 0 atom stereocenters. The van der Waals surface area contributed by atoms with Crippen LogP contribution in [0.3, 0.4) is 0 Å². The molecule has 2 aromatic heterocycles. The van der Waals surface area contributed by atoms with Crippen LogP contribution in [0.4, 0.5) is 11.5 Å². The standard InChI is InChI=1S/C23H23N5OS/c1-16-7-6-8-19(12-16)15-30-23-26-25-21(22(29)28(23)27-9-4-5-10-27)24-20-13-17(2)11-18(3)14-20/h4-14H,15H2,1-3H3,(H,24,25). The molecule has 0 fully saturated rings. The molecule has 1 N–H and O–H groups in total. The van der Waals surface area contributed by atoms with E-state index in [9.17, 15) is 4.79 Å². The van der Waals surface area contributed by atoms with Crippen molar-refractivity contribution in [2.24, 2.45) is 0 Å². The van der Waals surface area contributed by atoms with Gasteiger partial charge in [0.1, 0.15) is 0 Å². The molecule has 30 heavy (non-hydrogen) atoms. The summed E-state index contributed by atoms with van der Waals surface area (Å²) in [5.74, 6) is 0.884. The normalized spacial score (nSPS) is 10.9. The maximum Gasteiger partial charge on any atom is 0.316 e. The zero-order chi connectivity index (χ0) is 21.1. The highest BCUT2D eigenvalue weighted by atomic mass is 32.2. The third-order valence-corrected chi connectivity index (χ3v) is 5.56. The van der Waals surface area contributed by atoms with Crippen LogP contribution in [-0.4, -0.2) is 19.5 Å². The lowest BCUT2D eigenvalue weighted by molar-refractivity contribution is 0.533. The van der Waals surface area contributed by atoms with Crippen LogP contribution < -0.4 is 10.9 Å². The van der Waals surface area contributed by atoms with E-state index < -0.39 is 0 Å². The van der Waals surface area contributed by atoms with E-state index in [0.29, 0.717) is 10.9 Å². The van der Waals surface area contributed by atoms with E-state index >= 15 is 0 Å². The minimum atomic E-state index is -0.257. The molecule has 0 aliphatic rings. The molecule has 4 rings (SSSR count). The predicted molar refractivity (Wildman–Crippen MR) is 121 cm³/mol. The predicted octanol–water partition coefficient (Wildman–Crippen LogP) is 4.71. The molecule has 7 heteroatoms. The second kappa shape index (κ2) is 8.59. The molecule has 0 radical (unpaired) electrons. The van der Waals surface area contributed by atoms with Crippen LogP contribution in [0.2, 0.25) is 0 Å². The van der Waals surface area contributed by atoms with Gasteiger partial charge in [0.15, 0.2) is 0 Å². The molecule has 0 amide bonds. The van der Waals surface area contributed by atoms with E-state index in [-0.39, 0.29) is 11.4 Å². The summed E-state index contributed by atoms with van der Waals surface area (Å²) in [5, 5.41) is 12.2. The van der Waals surface area contributed by atoms with Crippen LogP contribution in [0.5, 0.6) is 0 Å². The van der Waals surface area contributed by atoms with Gasteiger partial charge in [-0.25, -0.2) is 0 Å². The summed E-state index contributed by atoms with van der Waals surface area (Å²) in [6.07, 6.45) is 3.64. The monoisotopic (exact) mass is 417 g/mol. The van der Waals surface area contributed by atoms with Gasteiger partial charge in [-0.1, -0.05) is 47.7 Å². The Balaban J connectivity index is 1.69. The van der Waals surface area contributed by atoms with Gasteiger partial charge in [-0.15, -0.1) is 10.2 Å². The Labute approximate surface area is 179 Å². The molecule has 4 aromatic rings. The van der Waals surface area contributed by atoms with E-state index in [2.05, 4.69) is 46.7 Å². The van der Waals surface area contributed by atoms with Gasteiger partial charge in [-0.2, -0.15) is 4.68 Å². The second-order valence-electron chi connectivity index (χ2n) is 7.29. The number of aromatic nitrogens is 4. The van der Waals surface area contributed by atoms with Gasteiger partial charge < -0.3 is 5.32 Å². The van der Waals surface area contributed by atoms with Gasteiger partial charge in [0, 0.05) is 23.8 Å². The summed E-state index contributed by atoms with van der Waals surface area (Å²) in [7, 11) is 0. The van der Waals surface area contributed by atoms with Crippen molar-refractivity contribution in [2.45, 2.75) is 31.7 Å². The second-order valence-corrected chi connectivity index (χ2v) is 8.23. The van der Waals surface area contributed by atoms with E-state index in [1.54, 1.807) is 9.35 Å². The van der Waals surface area contributed by atoms with Crippen LogP contribution in [0.15, 0.2) is 76.9 Å². The molecule has 2 aromatic carbocycles. The lowest BCUT2D eigenvalue weighted by atomic mass is 10.1. The molecule has 152 valence electrons. The van der Waals surface area contributed by atoms with Crippen molar-refractivity contribution in [3.05, 3.63) is 99.6 Å². The first-order valence-corrected chi connectivity index (χ1v) is 10.7.